The normalized spacial score (nSPS) is 20.6. The summed E-state index contributed by atoms with van der Waals surface area (Å²) in [5, 5.41) is 29.2. The summed E-state index contributed by atoms with van der Waals surface area (Å²) < 4.78 is 5.93. The molecule has 0 aromatic heterocycles. The quantitative estimate of drug-likeness (QED) is 0.463. The number of ether oxygens (including phenoxy) is 1. The molecule has 2 aliphatic rings. The highest BCUT2D eigenvalue weighted by atomic mass is 16.5. The maximum atomic E-state index is 10.0. The monoisotopic (exact) mass is 399 g/mol. The van der Waals surface area contributed by atoms with Crippen molar-refractivity contribution in [1.29, 1.82) is 0 Å². The molecule has 7 nitrogen and oxygen atoms in total. The lowest BCUT2D eigenvalue weighted by Crippen LogP contribution is -2.39. The van der Waals surface area contributed by atoms with Gasteiger partial charge in [-0.2, -0.15) is 0 Å². The molecule has 0 bridgehead atoms. The third-order valence-corrected chi connectivity index (χ3v) is 5.19. The number of rotatable bonds is 8. The predicted molar refractivity (Wildman–Crippen MR) is 107 cm³/mol. The van der Waals surface area contributed by atoms with Crippen LogP contribution in [-0.4, -0.2) is 58.7 Å². The van der Waals surface area contributed by atoms with Gasteiger partial charge in [0.2, 0.25) is 0 Å². The molecule has 0 aromatic rings. The highest BCUT2D eigenvalue weighted by Crippen LogP contribution is 2.20. The van der Waals surface area contributed by atoms with E-state index in [0.717, 1.165) is 0 Å². The van der Waals surface area contributed by atoms with Gasteiger partial charge in [0.25, 0.3) is 0 Å². The first-order chi connectivity index (χ1) is 13.5. The second kappa shape index (κ2) is 15.5. The minimum atomic E-state index is -1.26. The summed E-state index contributed by atoms with van der Waals surface area (Å²) in [6, 6.07) is 0.625. The first-order valence-electron chi connectivity index (χ1n) is 10.6. The van der Waals surface area contributed by atoms with E-state index >= 15 is 0 Å². The zero-order chi connectivity index (χ0) is 20.6. The van der Waals surface area contributed by atoms with E-state index in [9.17, 15) is 14.7 Å². The topological polar surface area (TPSA) is 116 Å². The van der Waals surface area contributed by atoms with Crippen molar-refractivity contribution >= 4 is 11.9 Å². The molecule has 2 rings (SSSR count). The Morgan fingerprint density at radius 3 is 1.86 bits per heavy atom. The van der Waals surface area contributed by atoms with E-state index < -0.39 is 11.9 Å². The Kier molecular flexibility index (Phi) is 13.6. The molecule has 1 atom stereocenters. The molecular formula is C21H37NO6. The van der Waals surface area contributed by atoms with Crippen LogP contribution in [0.4, 0.5) is 0 Å². The van der Waals surface area contributed by atoms with Gasteiger partial charge in [-0.3, -0.25) is 0 Å². The molecule has 2 fully saturated rings. The number of hydrogen-bond donors (Lipinski definition) is 4. The van der Waals surface area contributed by atoms with Crippen LogP contribution in [0.1, 0.15) is 77.0 Å². The Labute approximate surface area is 168 Å². The molecule has 0 heterocycles. The Hall–Kier alpha value is -1.44. The largest absolute Gasteiger partial charge is 0.478 e. The van der Waals surface area contributed by atoms with Crippen LogP contribution in [-0.2, 0) is 14.3 Å². The Balaban J connectivity index is 0.000000416. The third kappa shape index (κ3) is 13.7. The first-order valence-corrected chi connectivity index (χ1v) is 10.6. The van der Waals surface area contributed by atoms with Gasteiger partial charge in [-0.1, -0.05) is 51.4 Å². The van der Waals surface area contributed by atoms with Crippen molar-refractivity contribution in [3.8, 4) is 0 Å². The van der Waals surface area contributed by atoms with E-state index in [0.29, 0.717) is 37.4 Å². The summed E-state index contributed by atoms with van der Waals surface area (Å²) in [6.45, 7) is 1.20. The second-order valence-corrected chi connectivity index (χ2v) is 7.71. The van der Waals surface area contributed by atoms with Crippen molar-refractivity contribution in [2.24, 2.45) is 0 Å². The summed E-state index contributed by atoms with van der Waals surface area (Å²) in [6.07, 6.45) is 16.8. The van der Waals surface area contributed by atoms with Gasteiger partial charge >= 0.3 is 11.9 Å². The van der Waals surface area contributed by atoms with Gasteiger partial charge in [0.05, 0.1) is 18.8 Å². The zero-order valence-corrected chi connectivity index (χ0v) is 16.9. The number of aliphatic hydroxyl groups is 1. The van der Waals surface area contributed by atoms with Gasteiger partial charge < -0.3 is 25.4 Å². The van der Waals surface area contributed by atoms with E-state index in [2.05, 4.69) is 5.32 Å². The zero-order valence-electron chi connectivity index (χ0n) is 16.9. The average Bonchev–Trinajstić information content (AvgIpc) is 2.65. The van der Waals surface area contributed by atoms with Crippen LogP contribution >= 0.6 is 0 Å². The van der Waals surface area contributed by atoms with Gasteiger partial charge in [0.1, 0.15) is 0 Å². The lowest BCUT2D eigenvalue weighted by molar-refractivity contribution is -0.134. The van der Waals surface area contributed by atoms with Crippen molar-refractivity contribution < 1.29 is 29.6 Å². The van der Waals surface area contributed by atoms with Crippen LogP contribution in [0.15, 0.2) is 12.2 Å². The molecule has 0 spiro atoms. The number of aliphatic carboxylic acids is 2. The molecule has 0 saturated heterocycles. The summed E-state index contributed by atoms with van der Waals surface area (Å²) >= 11 is 0. The molecule has 0 amide bonds. The fraction of sp³-hybridized carbons (Fsp3) is 0.810. The van der Waals surface area contributed by atoms with E-state index in [1.807, 2.05) is 0 Å². The lowest BCUT2D eigenvalue weighted by Gasteiger charge is -2.25. The second-order valence-electron chi connectivity index (χ2n) is 7.71. The lowest BCUT2D eigenvalue weighted by atomic mass is 9.95. The van der Waals surface area contributed by atoms with Crippen LogP contribution in [0.3, 0.4) is 0 Å². The van der Waals surface area contributed by atoms with Crippen LogP contribution in [0.2, 0.25) is 0 Å². The minimum absolute atomic E-state index is 0.345. The molecular weight excluding hydrogens is 362 g/mol. The molecule has 28 heavy (non-hydrogen) atoms. The number of aliphatic hydroxyl groups excluding tert-OH is 1. The maximum Gasteiger partial charge on any atom is 0.328 e. The molecule has 0 aromatic carbocycles. The van der Waals surface area contributed by atoms with Gasteiger partial charge in [-0.05, 0) is 25.7 Å². The Morgan fingerprint density at radius 2 is 1.32 bits per heavy atom. The van der Waals surface area contributed by atoms with Gasteiger partial charge in [0, 0.05) is 24.7 Å². The smallest absolute Gasteiger partial charge is 0.328 e. The van der Waals surface area contributed by atoms with Crippen molar-refractivity contribution in [3.05, 3.63) is 12.2 Å². The summed E-state index contributed by atoms with van der Waals surface area (Å²) in [5.74, 6) is -2.51. The fourth-order valence-electron chi connectivity index (χ4n) is 3.64. The summed E-state index contributed by atoms with van der Waals surface area (Å²) in [5.41, 5.74) is 0. The number of nitrogens with one attached hydrogen (secondary N) is 1. The molecule has 4 N–H and O–H groups in total. The van der Waals surface area contributed by atoms with Crippen LogP contribution in [0.25, 0.3) is 0 Å². The molecule has 2 saturated carbocycles. The molecule has 0 radical (unpaired) electrons. The molecule has 2 aliphatic carbocycles. The standard InChI is InChI=1S/C17H33NO2.C4H4O4/c19-16(13-18-15-9-5-4-6-10-15)14-20-17-11-7-2-1-3-8-12-17;5-3(6)1-2-4(7)8/h15-19H,1-14H2;1-2H,(H,5,6)(H,7,8)/b;2-1-. The van der Waals surface area contributed by atoms with Gasteiger partial charge in [-0.25, -0.2) is 9.59 Å². The molecule has 1 unspecified atom stereocenters. The Morgan fingerprint density at radius 1 is 0.857 bits per heavy atom. The number of carboxylic acid groups (broad SMARTS) is 2. The summed E-state index contributed by atoms with van der Waals surface area (Å²) in [7, 11) is 0. The number of carboxylic acids is 2. The molecule has 7 heteroatoms. The predicted octanol–water partition coefficient (Wildman–Crippen LogP) is 3.11. The number of hydrogen-bond acceptors (Lipinski definition) is 5. The third-order valence-electron chi connectivity index (χ3n) is 5.19. The summed E-state index contributed by atoms with van der Waals surface area (Å²) in [4.78, 5) is 19.1. The first kappa shape index (κ1) is 24.6. The highest BCUT2D eigenvalue weighted by Gasteiger charge is 2.16. The van der Waals surface area contributed by atoms with E-state index in [4.69, 9.17) is 14.9 Å². The number of carbonyl (C=O) groups is 2. The molecule has 0 aliphatic heterocycles. The van der Waals surface area contributed by atoms with Crippen LogP contribution in [0, 0.1) is 0 Å². The van der Waals surface area contributed by atoms with E-state index in [1.54, 1.807) is 0 Å². The van der Waals surface area contributed by atoms with Crippen molar-refractivity contribution in [1.82, 2.24) is 5.32 Å². The highest BCUT2D eigenvalue weighted by molar-refractivity contribution is 5.89. The molecule has 162 valence electrons. The maximum absolute atomic E-state index is 10.0. The van der Waals surface area contributed by atoms with Crippen LogP contribution in [0.5, 0.6) is 0 Å². The fourth-order valence-corrected chi connectivity index (χ4v) is 3.64. The van der Waals surface area contributed by atoms with Gasteiger partial charge in [0.15, 0.2) is 0 Å². The van der Waals surface area contributed by atoms with Crippen molar-refractivity contribution in [3.63, 3.8) is 0 Å². The van der Waals surface area contributed by atoms with E-state index in [-0.39, 0.29) is 6.10 Å². The average molecular weight is 400 g/mol. The van der Waals surface area contributed by atoms with Crippen molar-refractivity contribution in [2.75, 3.05) is 13.2 Å². The Bertz CT molecular complexity index is 438. The SMILES string of the molecule is O=C(O)/C=C\C(=O)O.OC(CNC1CCCCC1)COC1CCCCCCC1. The van der Waals surface area contributed by atoms with E-state index in [1.165, 1.54) is 77.0 Å². The minimum Gasteiger partial charge on any atom is -0.478 e. The van der Waals surface area contributed by atoms with Gasteiger partial charge in [-0.15, -0.1) is 0 Å². The van der Waals surface area contributed by atoms with Crippen molar-refractivity contribution in [2.45, 2.75) is 95.3 Å². The van der Waals surface area contributed by atoms with Crippen LogP contribution < -0.4 is 5.32 Å².